The van der Waals surface area contributed by atoms with Crippen LogP contribution in [0.3, 0.4) is 0 Å². The van der Waals surface area contributed by atoms with E-state index in [0.717, 1.165) is 32.6 Å². The van der Waals surface area contributed by atoms with Gasteiger partial charge in [-0.05, 0) is 50.1 Å². The van der Waals surface area contributed by atoms with Gasteiger partial charge in [0.15, 0.2) is 23.0 Å². The molecular weight excluding hydrogens is 871 g/mol. The molecule has 65 heavy (non-hydrogen) atoms. The molecule has 3 N–H and O–H groups in total. The molecule has 2 saturated heterocycles. The van der Waals surface area contributed by atoms with Crippen molar-refractivity contribution in [2.24, 2.45) is 0 Å². The van der Waals surface area contributed by atoms with Crippen molar-refractivity contribution in [3.8, 4) is 23.0 Å². The highest BCUT2D eigenvalue weighted by atomic mass is 32.2. The number of benzene rings is 3. The number of nitrogens with one attached hydrogen (secondary N) is 2. The van der Waals surface area contributed by atoms with Crippen LogP contribution in [0.25, 0.3) is 0 Å². The Morgan fingerprint density at radius 3 is 1.77 bits per heavy atom. The second-order valence-electron chi connectivity index (χ2n) is 15.4. The van der Waals surface area contributed by atoms with Gasteiger partial charge in [-0.15, -0.1) is 11.8 Å². The van der Waals surface area contributed by atoms with E-state index in [4.69, 9.17) is 18.9 Å². The number of hydrogen-bond acceptors (Lipinski definition) is 15. The third-order valence-electron chi connectivity index (χ3n) is 9.98. The van der Waals surface area contributed by atoms with Crippen molar-refractivity contribution in [1.82, 2.24) is 25.3 Å². The Hall–Kier alpha value is -7.29. The lowest BCUT2D eigenvalue weighted by molar-refractivity contribution is -0.161. The van der Waals surface area contributed by atoms with Crippen LogP contribution < -0.4 is 29.6 Å². The smallest absolute Gasteiger partial charge is 0.327 e. The minimum absolute atomic E-state index is 0.00401. The van der Waals surface area contributed by atoms with Gasteiger partial charge in [0.05, 0.1) is 17.7 Å². The summed E-state index contributed by atoms with van der Waals surface area (Å²) in [6.45, 7) is 6.70. The summed E-state index contributed by atoms with van der Waals surface area (Å²) in [6, 6.07) is 12.4. The summed E-state index contributed by atoms with van der Waals surface area (Å²) in [5, 5.41) is 14.5. The highest BCUT2D eigenvalue weighted by molar-refractivity contribution is 8.01. The number of ether oxygens (including phenoxy) is 4. The lowest BCUT2D eigenvalue weighted by atomic mass is 9.95. The van der Waals surface area contributed by atoms with E-state index >= 15 is 0 Å². The summed E-state index contributed by atoms with van der Waals surface area (Å²) in [4.78, 5) is 133. The molecule has 2 heterocycles. The zero-order valence-corrected chi connectivity index (χ0v) is 37.2. The van der Waals surface area contributed by atoms with Gasteiger partial charge < -0.3 is 49.4 Å². The van der Waals surface area contributed by atoms with Crippen LogP contribution in [-0.2, 0) is 38.4 Å². The number of fused-ring (bicyclic) bond motifs is 1. The van der Waals surface area contributed by atoms with Crippen molar-refractivity contribution in [2.45, 2.75) is 76.2 Å². The van der Waals surface area contributed by atoms with Crippen molar-refractivity contribution in [1.29, 1.82) is 0 Å². The van der Waals surface area contributed by atoms with E-state index < -0.39 is 99.9 Å². The number of para-hydroxylation sites is 2. The average molecular weight is 918 g/mol. The Kier molecular flexibility index (Phi) is 15.4. The van der Waals surface area contributed by atoms with E-state index in [2.05, 4.69) is 10.6 Å². The van der Waals surface area contributed by atoms with Gasteiger partial charge in [-0.1, -0.05) is 42.5 Å². The average Bonchev–Trinajstić information content (AvgIpc) is 3.49. The summed E-state index contributed by atoms with van der Waals surface area (Å²) in [7, 11) is 1.42. The van der Waals surface area contributed by atoms with Crippen molar-refractivity contribution in [3.63, 3.8) is 0 Å². The lowest BCUT2D eigenvalue weighted by Crippen LogP contribution is -2.71. The first-order chi connectivity index (χ1) is 30.6. The molecule has 5 amide bonds. The Morgan fingerprint density at radius 1 is 0.738 bits per heavy atom. The monoisotopic (exact) mass is 917 g/mol. The van der Waals surface area contributed by atoms with Crippen LogP contribution in [0.2, 0.25) is 0 Å². The van der Waals surface area contributed by atoms with Gasteiger partial charge in [-0.2, -0.15) is 0 Å². The van der Waals surface area contributed by atoms with Crippen LogP contribution >= 0.6 is 11.8 Å². The predicted octanol–water partition coefficient (Wildman–Crippen LogP) is 2.48. The first-order valence-electron chi connectivity index (χ1n) is 20.0. The third-order valence-corrected chi connectivity index (χ3v) is 11.6. The Morgan fingerprint density at radius 2 is 1.26 bits per heavy atom. The van der Waals surface area contributed by atoms with E-state index in [0.29, 0.717) is 5.56 Å². The van der Waals surface area contributed by atoms with Crippen molar-refractivity contribution in [3.05, 3.63) is 83.4 Å². The Balaban J connectivity index is 1.41. The first kappa shape index (κ1) is 48.7. The Labute approximate surface area is 376 Å². The number of esters is 4. The number of carbonyl (C=O) groups is 10. The molecule has 4 atom stereocenters. The first-order valence-corrected chi connectivity index (χ1v) is 20.9. The molecular formula is C44H47N5O15S. The van der Waals surface area contributed by atoms with E-state index in [1.165, 1.54) is 65.0 Å². The molecule has 21 heteroatoms. The number of hydrogen-bond donors (Lipinski definition) is 3. The molecule has 344 valence electrons. The number of aliphatic carboxylic acids is 1. The predicted molar refractivity (Wildman–Crippen MR) is 229 cm³/mol. The molecule has 0 aromatic heterocycles. The van der Waals surface area contributed by atoms with Gasteiger partial charge in [0.25, 0.3) is 11.8 Å². The van der Waals surface area contributed by atoms with E-state index in [1.807, 2.05) is 0 Å². The van der Waals surface area contributed by atoms with Gasteiger partial charge in [-0.25, -0.2) is 4.79 Å². The fourth-order valence-electron chi connectivity index (χ4n) is 7.27. The van der Waals surface area contributed by atoms with Crippen molar-refractivity contribution < 1.29 is 72.0 Å². The second kappa shape index (κ2) is 20.5. The van der Waals surface area contributed by atoms with Gasteiger partial charge >= 0.3 is 29.8 Å². The van der Waals surface area contributed by atoms with E-state index in [-0.39, 0.29) is 47.9 Å². The number of carbonyl (C=O) groups excluding carboxylic acids is 9. The molecule has 3 aromatic rings. The maximum atomic E-state index is 14.5. The SMILES string of the molecule is CC(=O)Oc1cccc(C(=O)N(C)CCCN(CC(=O)NC(C(=O)N[C@@H]2C(=O)N3[C@@H]2SC(C)(C)[C@@H]3C(=O)O)c2ccccc2)C(=O)c2cccc(OC(C)=O)c2OC(C)=O)c1OC(C)=O. The third kappa shape index (κ3) is 11.5. The quantitative estimate of drug-likeness (QED) is 0.0998. The van der Waals surface area contributed by atoms with Gasteiger partial charge in [0.2, 0.25) is 17.7 Å². The minimum atomic E-state index is -1.42. The summed E-state index contributed by atoms with van der Waals surface area (Å²) in [5.74, 6) is -9.34. The molecule has 5 rings (SSSR count). The molecule has 2 fully saturated rings. The minimum Gasteiger partial charge on any atom is -0.480 e. The number of amides is 5. The van der Waals surface area contributed by atoms with Crippen LogP contribution in [0.1, 0.15) is 80.3 Å². The van der Waals surface area contributed by atoms with E-state index in [9.17, 15) is 53.1 Å². The highest BCUT2D eigenvalue weighted by Gasteiger charge is 2.64. The van der Waals surface area contributed by atoms with Crippen molar-refractivity contribution in [2.75, 3.05) is 26.7 Å². The summed E-state index contributed by atoms with van der Waals surface area (Å²) in [6.07, 6.45) is -0.00401. The van der Waals surface area contributed by atoms with Crippen LogP contribution in [0.4, 0.5) is 0 Å². The molecule has 3 aromatic carbocycles. The molecule has 2 aliphatic heterocycles. The number of carboxylic acid groups (broad SMARTS) is 1. The highest BCUT2D eigenvalue weighted by Crippen LogP contribution is 2.51. The zero-order valence-electron chi connectivity index (χ0n) is 36.4. The van der Waals surface area contributed by atoms with Crippen molar-refractivity contribution >= 4 is 71.1 Å². The standard InChI is InChI=1S/C44H47N5O15S/c1-23(50)61-30-18-11-16-28(35(30)63-25(3)52)39(56)47(7)20-13-21-48(40(57)29-17-12-19-31(62-24(2)51)36(29)64-26(4)53)22-32(54)45-33(27-14-9-8-10-15-27)38(55)46-34-41(58)49-37(43(59)60)44(5,6)65-42(34)49/h8-12,14-19,33-34,37,42H,13,20-22H2,1-7H3,(H,45,54)(H,46,55)(H,59,60)/t33?,34-,37+,42-/m1/s1. The molecule has 0 bridgehead atoms. The van der Waals surface area contributed by atoms with Crippen LogP contribution in [0.15, 0.2) is 66.7 Å². The fourth-order valence-corrected chi connectivity index (χ4v) is 8.90. The number of rotatable bonds is 17. The number of nitrogens with zero attached hydrogens (tertiary/aromatic N) is 3. The fraction of sp³-hybridized carbons (Fsp3) is 0.364. The van der Waals surface area contributed by atoms with E-state index in [1.54, 1.807) is 44.2 Å². The zero-order chi connectivity index (χ0) is 47.9. The summed E-state index contributed by atoms with van der Waals surface area (Å²) < 4.78 is 20.1. The number of β-lactam (4-membered cyclic amide) rings is 1. The summed E-state index contributed by atoms with van der Waals surface area (Å²) in [5.41, 5.74) is -0.105. The molecule has 2 aliphatic rings. The van der Waals surface area contributed by atoms with Gasteiger partial charge in [-0.3, -0.25) is 43.2 Å². The second-order valence-corrected chi connectivity index (χ2v) is 17.2. The molecule has 0 saturated carbocycles. The van der Waals surface area contributed by atoms with Crippen LogP contribution in [0, 0.1) is 0 Å². The normalized spacial score (nSPS) is 17.2. The molecule has 20 nitrogen and oxygen atoms in total. The van der Waals surface area contributed by atoms with Crippen LogP contribution in [-0.4, -0.2) is 128 Å². The molecule has 1 unspecified atom stereocenters. The maximum absolute atomic E-state index is 14.5. The maximum Gasteiger partial charge on any atom is 0.327 e. The largest absolute Gasteiger partial charge is 0.480 e. The van der Waals surface area contributed by atoms with Gasteiger partial charge in [0, 0.05) is 52.6 Å². The Bertz CT molecular complexity index is 2430. The number of thioether (sulfide) groups is 1. The molecule has 0 spiro atoms. The molecule has 0 radical (unpaired) electrons. The summed E-state index contributed by atoms with van der Waals surface area (Å²) >= 11 is 1.22. The van der Waals surface area contributed by atoms with Gasteiger partial charge in [0.1, 0.15) is 23.5 Å². The number of carboxylic acids is 1. The van der Waals surface area contributed by atoms with Crippen LogP contribution in [0.5, 0.6) is 23.0 Å². The topological polar surface area (TPSA) is 262 Å². The lowest BCUT2D eigenvalue weighted by Gasteiger charge is -2.44. The molecule has 0 aliphatic carbocycles.